The molecule has 0 spiro atoms. The highest BCUT2D eigenvalue weighted by molar-refractivity contribution is 8.18. The summed E-state index contributed by atoms with van der Waals surface area (Å²) in [6.07, 6.45) is 4.55. The summed E-state index contributed by atoms with van der Waals surface area (Å²) >= 11 is 1.16. The summed E-state index contributed by atoms with van der Waals surface area (Å²) in [6.45, 7) is 0.194. The molecule has 150 valence electrons. The molecule has 2 aromatic carbocycles. The summed E-state index contributed by atoms with van der Waals surface area (Å²) < 4.78 is 19.1. The number of aromatic hydroxyl groups is 1. The number of amides is 1. The molecule has 1 N–H and O–H groups in total. The Kier molecular flexibility index (Phi) is 5.76. The number of hydrogen-bond acceptors (Lipinski definition) is 6. The number of hydrogen-bond donors (Lipinski definition) is 1. The van der Waals surface area contributed by atoms with Crippen LogP contribution in [0.2, 0.25) is 0 Å². The van der Waals surface area contributed by atoms with Crippen LogP contribution in [0.4, 0.5) is 4.39 Å². The van der Waals surface area contributed by atoms with Crippen LogP contribution in [0.5, 0.6) is 5.75 Å². The molecule has 8 heteroatoms. The minimum Gasteiger partial charge on any atom is -0.508 e. The van der Waals surface area contributed by atoms with Gasteiger partial charge in [0.1, 0.15) is 17.3 Å². The highest BCUT2D eigenvalue weighted by Crippen LogP contribution is 2.34. The number of furan rings is 1. The van der Waals surface area contributed by atoms with Crippen LogP contribution in [-0.2, 0) is 11.3 Å². The molecule has 1 saturated heterocycles. The van der Waals surface area contributed by atoms with Crippen LogP contribution in [0.25, 0.3) is 6.08 Å². The van der Waals surface area contributed by atoms with Crippen LogP contribution < -0.4 is 0 Å². The minimum absolute atomic E-state index is 0.145. The van der Waals surface area contributed by atoms with Gasteiger partial charge in [-0.1, -0.05) is 30.3 Å². The monoisotopic (exact) mass is 421 g/mol. The van der Waals surface area contributed by atoms with Crippen LogP contribution in [0, 0.1) is 5.82 Å². The third-order valence-electron chi connectivity index (χ3n) is 4.22. The van der Waals surface area contributed by atoms with Crippen LogP contribution in [0.1, 0.15) is 16.9 Å². The van der Waals surface area contributed by atoms with Gasteiger partial charge in [0, 0.05) is 5.56 Å². The van der Waals surface area contributed by atoms with E-state index in [2.05, 4.69) is 10.2 Å². The predicted octanol–water partition coefficient (Wildman–Crippen LogP) is 4.63. The minimum atomic E-state index is -0.406. The zero-order chi connectivity index (χ0) is 20.9. The fraction of sp³-hybridized carbons (Fsp3) is 0.0455. The lowest BCUT2D eigenvalue weighted by Gasteiger charge is -2.12. The maximum absolute atomic E-state index is 13.8. The Hall–Kier alpha value is -3.65. The standard InChI is InChI=1S/C22H16FN3O3S/c23-19-6-2-1-4-16(19)13-24-25-22-26(14-18-5-3-11-29-18)21(28)20(30-22)12-15-7-9-17(27)10-8-15/h1-13,27H,14H2/b20-12-,24-13-,25-22+. The SMILES string of the molecule is O=C1/C(=C/c2ccc(O)cc2)S/C(=N/N=C\c2ccccc2F)N1Cc1ccco1. The van der Waals surface area contributed by atoms with Crippen molar-refractivity contribution in [2.24, 2.45) is 10.2 Å². The van der Waals surface area contributed by atoms with Gasteiger partial charge in [-0.25, -0.2) is 4.39 Å². The van der Waals surface area contributed by atoms with Gasteiger partial charge in [0.2, 0.25) is 0 Å². The van der Waals surface area contributed by atoms with Crippen molar-refractivity contribution in [3.63, 3.8) is 0 Å². The van der Waals surface area contributed by atoms with Gasteiger partial charge < -0.3 is 9.52 Å². The Morgan fingerprint density at radius 3 is 2.63 bits per heavy atom. The van der Waals surface area contributed by atoms with E-state index >= 15 is 0 Å². The van der Waals surface area contributed by atoms with E-state index < -0.39 is 5.82 Å². The third kappa shape index (κ3) is 4.49. The van der Waals surface area contributed by atoms with E-state index in [1.165, 1.54) is 23.4 Å². The lowest BCUT2D eigenvalue weighted by molar-refractivity contribution is -0.122. The quantitative estimate of drug-likeness (QED) is 0.370. The Labute approximate surface area is 176 Å². The van der Waals surface area contributed by atoms with Gasteiger partial charge in [0.15, 0.2) is 5.17 Å². The molecule has 0 radical (unpaired) electrons. The summed E-state index contributed by atoms with van der Waals surface area (Å²) in [7, 11) is 0. The number of carbonyl (C=O) groups excluding carboxylic acids is 1. The van der Waals surface area contributed by atoms with Crippen LogP contribution in [0.15, 0.2) is 86.5 Å². The van der Waals surface area contributed by atoms with Gasteiger partial charge in [0.05, 0.1) is 23.9 Å². The molecule has 1 aliphatic rings. The maximum Gasteiger partial charge on any atom is 0.267 e. The van der Waals surface area contributed by atoms with E-state index in [9.17, 15) is 14.3 Å². The Balaban J connectivity index is 1.62. The predicted molar refractivity (Wildman–Crippen MR) is 114 cm³/mol. The van der Waals surface area contributed by atoms with E-state index in [0.29, 0.717) is 21.4 Å². The van der Waals surface area contributed by atoms with Crippen molar-refractivity contribution in [2.75, 3.05) is 0 Å². The number of thioether (sulfide) groups is 1. The molecule has 0 bridgehead atoms. The number of nitrogens with zero attached hydrogens (tertiary/aromatic N) is 3. The zero-order valence-electron chi connectivity index (χ0n) is 15.6. The molecule has 2 heterocycles. The van der Waals surface area contributed by atoms with Gasteiger partial charge >= 0.3 is 0 Å². The van der Waals surface area contributed by atoms with Crippen molar-refractivity contribution >= 4 is 35.1 Å². The van der Waals surface area contributed by atoms with Crippen molar-refractivity contribution in [1.82, 2.24) is 4.90 Å². The molecule has 6 nitrogen and oxygen atoms in total. The first-order chi connectivity index (χ1) is 14.6. The molecular formula is C22H16FN3O3S. The molecule has 1 fully saturated rings. The second-order valence-electron chi connectivity index (χ2n) is 6.32. The number of carbonyl (C=O) groups is 1. The van der Waals surface area contributed by atoms with Crippen LogP contribution >= 0.6 is 11.8 Å². The van der Waals surface area contributed by atoms with Gasteiger partial charge in [-0.3, -0.25) is 9.69 Å². The normalized spacial score (nSPS) is 17.0. The first-order valence-corrected chi connectivity index (χ1v) is 9.80. The van der Waals surface area contributed by atoms with Crippen molar-refractivity contribution in [3.8, 4) is 5.75 Å². The van der Waals surface area contributed by atoms with Gasteiger partial charge in [-0.15, -0.1) is 5.10 Å². The molecule has 1 amide bonds. The fourth-order valence-corrected chi connectivity index (χ4v) is 3.66. The van der Waals surface area contributed by atoms with E-state index in [-0.39, 0.29) is 18.2 Å². The summed E-state index contributed by atoms with van der Waals surface area (Å²) in [5.41, 5.74) is 1.06. The largest absolute Gasteiger partial charge is 0.508 e. The Bertz CT molecular complexity index is 1140. The van der Waals surface area contributed by atoms with Gasteiger partial charge in [-0.05, 0) is 53.7 Å². The van der Waals surface area contributed by atoms with E-state index in [4.69, 9.17) is 4.42 Å². The molecule has 1 aliphatic heterocycles. The summed E-state index contributed by atoms with van der Waals surface area (Å²) in [5.74, 6) is 0.0913. The number of amidine groups is 1. The number of benzene rings is 2. The van der Waals surface area contributed by atoms with E-state index in [1.54, 1.807) is 60.7 Å². The van der Waals surface area contributed by atoms with E-state index in [1.807, 2.05) is 0 Å². The van der Waals surface area contributed by atoms with Crippen molar-refractivity contribution < 1.29 is 18.7 Å². The lowest BCUT2D eigenvalue weighted by Crippen LogP contribution is -2.28. The molecule has 0 unspecified atom stereocenters. The first kappa shape index (κ1) is 19.7. The average Bonchev–Trinajstić information content (AvgIpc) is 3.35. The molecule has 3 aromatic rings. The highest BCUT2D eigenvalue weighted by atomic mass is 32.2. The molecule has 0 aliphatic carbocycles. The molecule has 1 aromatic heterocycles. The van der Waals surface area contributed by atoms with Crippen LogP contribution in [0.3, 0.4) is 0 Å². The van der Waals surface area contributed by atoms with Gasteiger partial charge in [-0.2, -0.15) is 5.10 Å². The topological polar surface area (TPSA) is 78.4 Å². The van der Waals surface area contributed by atoms with Crippen molar-refractivity contribution in [1.29, 1.82) is 0 Å². The smallest absolute Gasteiger partial charge is 0.267 e. The molecule has 0 saturated carbocycles. The first-order valence-electron chi connectivity index (χ1n) is 8.98. The molecule has 0 atom stereocenters. The number of phenols is 1. The second-order valence-corrected chi connectivity index (χ2v) is 7.33. The maximum atomic E-state index is 13.8. The Morgan fingerprint density at radius 2 is 1.90 bits per heavy atom. The summed E-state index contributed by atoms with van der Waals surface area (Å²) in [4.78, 5) is 14.9. The molecule has 30 heavy (non-hydrogen) atoms. The second kappa shape index (κ2) is 8.79. The van der Waals surface area contributed by atoms with E-state index in [0.717, 1.165) is 17.3 Å². The zero-order valence-corrected chi connectivity index (χ0v) is 16.4. The molecule has 4 rings (SSSR count). The van der Waals surface area contributed by atoms with Crippen molar-refractivity contribution in [2.45, 2.75) is 6.54 Å². The van der Waals surface area contributed by atoms with Gasteiger partial charge in [0.25, 0.3) is 5.91 Å². The highest BCUT2D eigenvalue weighted by Gasteiger charge is 2.34. The van der Waals surface area contributed by atoms with Crippen molar-refractivity contribution in [3.05, 3.63) is 94.5 Å². The average molecular weight is 421 g/mol. The molecular weight excluding hydrogens is 405 g/mol. The third-order valence-corrected chi connectivity index (χ3v) is 5.22. The number of phenolic OH excluding ortho intramolecular Hbond substituents is 1. The number of halogens is 1. The van der Waals surface area contributed by atoms with Crippen LogP contribution in [-0.4, -0.2) is 27.3 Å². The summed E-state index contributed by atoms with van der Waals surface area (Å²) in [5, 5.41) is 17.9. The Morgan fingerprint density at radius 1 is 1.10 bits per heavy atom. The fourth-order valence-electron chi connectivity index (χ4n) is 2.72. The lowest BCUT2D eigenvalue weighted by atomic mass is 10.2. The summed E-state index contributed by atoms with van der Waals surface area (Å²) in [6, 6.07) is 16.2. The number of rotatable bonds is 5.